The van der Waals surface area contributed by atoms with E-state index in [0.29, 0.717) is 42.2 Å². The number of hydrogen-bond acceptors (Lipinski definition) is 5. The summed E-state index contributed by atoms with van der Waals surface area (Å²) in [5.41, 5.74) is 7.59. The van der Waals surface area contributed by atoms with E-state index in [1.54, 1.807) is 25.4 Å². The van der Waals surface area contributed by atoms with Crippen LogP contribution in [0.4, 0.5) is 4.39 Å². The van der Waals surface area contributed by atoms with Gasteiger partial charge in [-0.15, -0.1) is 0 Å². The maximum Gasteiger partial charge on any atom is 0.347 e. The van der Waals surface area contributed by atoms with Crippen LogP contribution in [0, 0.1) is 19.7 Å². The van der Waals surface area contributed by atoms with Crippen molar-refractivity contribution in [1.29, 1.82) is 0 Å². The van der Waals surface area contributed by atoms with Crippen molar-refractivity contribution in [3.05, 3.63) is 98.8 Å². The fourth-order valence-electron chi connectivity index (χ4n) is 6.06. The first kappa shape index (κ1) is 25.8. The minimum Gasteiger partial charge on any atom is -0.492 e. The number of fused-ring (bicyclic) bond motifs is 2. The number of benzene rings is 3. The van der Waals surface area contributed by atoms with Crippen LogP contribution in [0.15, 0.2) is 59.5 Å². The number of aromatic nitrogens is 2. The fraction of sp³-hybridized carbons (Fsp3) is 0.281. The van der Waals surface area contributed by atoms with Gasteiger partial charge in [0.1, 0.15) is 23.4 Å². The van der Waals surface area contributed by atoms with Gasteiger partial charge in [-0.3, -0.25) is 4.79 Å². The van der Waals surface area contributed by atoms with Gasteiger partial charge in [-0.05, 0) is 84.8 Å². The van der Waals surface area contributed by atoms with Gasteiger partial charge in [0.25, 0.3) is 0 Å². The molecule has 3 aromatic carbocycles. The van der Waals surface area contributed by atoms with E-state index < -0.39 is 12.1 Å². The minimum atomic E-state index is -0.863. The van der Waals surface area contributed by atoms with Crippen molar-refractivity contribution in [3.8, 4) is 33.9 Å². The quantitative estimate of drug-likeness (QED) is 0.328. The molecule has 0 radical (unpaired) electrons. The number of rotatable bonds is 6. The number of carboxylic acid groups (broad SMARTS) is 1. The average Bonchev–Trinajstić information content (AvgIpc) is 3.51. The molecule has 0 fully saturated rings. The molecule has 1 aliphatic carbocycles. The van der Waals surface area contributed by atoms with E-state index in [1.807, 2.05) is 44.2 Å². The van der Waals surface area contributed by atoms with E-state index >= 15 is 4.39 Å². The summed E-state index contributed by atoms with van der Waals surface area (Å²) in [4.78, 5) is 27.4. The second-order valence-electron chi connectivity index (χ2n) is 10.6. The largest absolute Gasteiger partial charge is 0.492 e. The molecule has 1 aromatic heterocycles. The molecular weight excluding hydrogens is 511 g/mol. The molecular formula is C32H29FN2O5. The van der Waals surface area contributed by atoms with Crippen LogP contribution < -0.4 is 15.2 Å². The van der Waals surface area contributed by atoms with Gasteiger partial charge in [-0.1, -0.05) is 12.1 Å². The van der Waals surface area contributed by atoms with Crippen LogP contribution in [0.2, 0.25) is 0 Å². The van der Waals surface area contributed by atoms with Crippen LogP contribution >= 0.6 is 0 Å². The van der Waals surface area contributed by atoms with Crippen molar-refractivity contribution in [3.63, 3.8) is 0 Å². The van der Waals surface area contributed by atoms with Crippen LogP contribution in [0.3, 0.4) is 0 Å². The highest BCUT2D eigenvalue weighted by Gasteiger charge is 2.32. The molecule has 0 spiro atoms. The molecule has 204 valence electrons. The molecule has 6 rings (SSSR count). The summed E-state index contributed by atoms with van der Waals surface area (Å²) < 4.78 is 28.7. The van der Waals surface area contributed by atoms with Crippen molar-refractivity contribution in [2.45, 2.75) is 45.1 Å². The number of halogens is 1. The third-order valence-corrected chi connectivity index (χ3v) is 7.92. The third kappa shape index (κ3) is 4.53. The average molecular weight is 541 g/mol. The Labute approximate surface area is 230 Å². The Morgan fingerprint density at radius 1 is 1.15 bits per heavy atom. The predicted molar refractivity (Wildman–Crippen MR) is 148 cm³/mol. The summed E-state index contributed by atoms with van der Waals surface area (Å²) in [5.74, 6) is -0.159. The highest BCUT2D eigenvalue weighted by Crippen LogP contribution is 2.45. The lowest BCUT2D eigenvalue weighted by molar-refractivity contribution is -0.137. The zero-order valence-corrected chi connectivity index (χ0v) is 22.5. The van der Waals surface area contributed by atoms with Crippen molar-refractivity contribution >= 4 is 5.97 Å². The zero-order valence-electron chi connectivity index (χ0n) is 22.5. The van der Waals surface area contributed by atoms with Gasteiger partial charge in [-0.25, -0.2) is 9.18 Å². The normalized spacial score (nSPS) is 17.3. The van der Waals surface area contributed by atoms with Crippen molar-refractivity contribution in [2.24, 2.45) is 7.05 Å². The Kier molecular flexibility index (Phi) is 6.41. The molecule has 2 atom stereocenters. The van der Waals surface area contributed by atoms with Gasteiger partial charge in [0.15, 0.2) is 0 Å². The van der Waals surface area contributed by atoms with E-state index in [1.165, 1.54) is 10.6 Å². The minimum absolute atomic E-state index is 0.0112. The van der Waals surface area contributed by atoms with E-state index in [0.717, 1.165) is 38.9 Å². The SMILES string of the molecule is Cc1cc(-c2ccn(C)c(=O)n2)cc(C)c1-c1ccc(F)c2c1CC[C@H]2Oc1ccc2c(c1)OCC2CC(=O)O. The molecule has 8 heteroatoms. The molecule has 1 aliphatic heterocycles. The number of carboxylic acids is 1. The monoisotopic (exact) mass is 540 g/mol. The summed E-state index contributed by atoms with van der Waals surface area (Å²) >= 11 is 0. The maximum absolute atomic E-state index is 15.3. The molecule has 0 amide bonds. The Hall–Kier alpha value is -4.46. The molecule has 2 aliphatic rings. The Balaban J connectivity index is 1.31. The maximum atomic E-state index is 15.3. The van der Waals surface area contributed by atoms with Gasteiger partial charge < -0.3 is 19.1 Å². The van der Waals surface area contributed by atoms with E-state index in [9.17, 15) is 9.59 Å². The van der Waals surface area contributed by atoms with Crippen LogP contribution in [0.25, 0.3) is 22.4 Å². The first-order chi connectivity index (χ1) is 19.2. The van der Waals surface area contributed by atoms with Crippen LogP contribution in [-0.4, -0.2) is 27.2 Å². The van der Waals surface area contributed by atoms with Gasteiger partial charge in [0.05, 0.1) is 18.7 Å². The van der Waals surface area contributed by atoms with Crippen molar-refractivity contribution in [1.82, 2.24) is 9.55 Å². The Morgan fingerprint density at radius 2 is 1.93 bits per heavy atom. The standard InChI is InChI=1S/C32H29FN2O5/c1-17-12-19(26-10-11-35(3)32(38)34-26)13-18(2)30(17)23-6-8-25(33)31-24(23)7-9-27(31)40-21-4-5-22-20(14-29(36)37)16-39-28(22)15-21/h4-6,8,10-13,15,20,27H,7,9,14,16H2,1-3H3,(H,36,37)/t20?,27-/m1/s1. The van der Waals surface area contributed by atoms with Crippen LogP contribution in [0.5, 0.6) is 11.5 Å². The molecule has 0 saturated carbocycles. The van der Waals surface area contributed by atoms with Crippen molar-refractivity contribution < 1.29 is 23.8 Å². The molecule has 0 saturated heterocycles. The summed E-state index contributed by atoms with van der Waals surface area (Å²) in [6, 6.07) is 14.6. The fourth-order valence-corrected chi connectivity index (χ4v) is 6.06. The molecule has 2 heterocycles. The Morgan fingerprint density at radius 3 is 2.65 bits per heavy atom. The molecule has 4 aromatic rings. The van der Waals surface area contributed by atoms with Crippen LogP contribution in [-0.2, 0) is 18.3 Å². The van der Waals surface area contributed by atoms with Gasteiger partial charge in [0, 0.05) is 41.9 Å². The number of nitrogens with zero attached hydrogens (tertiary/aromatic N) is 2. The number of ether oxygens (including phenoxy) is 2. The zero-order chi connectivity index (χ0) is 28.1. The lowest BCUT2D eigenvalue weighted by atomic mass is 9.88. The lowest BCUT2D eigenvalue weighted by Crippen LogP contribution is -2.19. The summed E-state index contributed by atoms with van der Waals surface area (Å²) in [6.45, 7) is 4.37. The second-order valence-corrected chi connectivity index (χ2v) is 10.6. The molecule has 1 N–H and O–H groups in total. The highest BCUT2D eigenvalue weighted by molar-refractivity contribution is 5.79. The topological polar surface area (TPSA) is 90.7 Å². The molecule has 1 unspecified atom stereocenters. The highest BCUT2D eigenvalue weighted by atomic mass is 19.1. The number of hydrogen-bond donors (Lipinski definition) is 1. The summed E-state index contributed by atoms with van der Waals surface area (Å²) in [5, 5.41) is 9.16. The number of carbonyl (C=O) groups is 1. The lowest BCUT2D eigenvalue weighted by Gasteiger charge is -2.19. The van der Waals surface area contributed by atoms with E-state index in [2.05, 4.69) is 4.98 Å². The summed E-state index contributed by atoms with van der Waals surface area (Å²) in [7, 11) is 1.67. The van der Waals surface area contributed by atoms with Gasteiger partial charge >= 0.3 is 11.7 Å². The van der Waals surface area contributed by atoms with Gasteiger partial charge in [-0.2, -0.15) is 4.98 Å². The van der Waals surface area contributed by atoms with E-state index in [4.69, 9.17) is 14.6 Å². The first-order valence-electron chi connectivity index (χ1n) is 13.3. The van der Waals surface area contributed by atoms with Gasteiger partial charge in [0.2, 0.25) is 0 Å². The Bertz CT molecular complexity index is 1700. The van der Waals surface area contributed by atoms with E-state index in [-0.39, 0.29) is 23.8 Å². The number of aryl methyl sites for hydroxylation is 3. The van der Waals surface area contributed by atoms with Crippen molar-refractivity contribution in [2.75, 3.05) is 6.61 Å². The molecule has 7 nitrogen and oxygen atoms in total. The summed E-state index contributed by atoms with van der Waals surface area (Å²) in [6.07, 6.45) is 2.58. The predicted octanol–water partition coefficient (Wildman–Crippen LogP) is 5.89. The number of aliphatic carboxylic acids is 1. The first-order valence-corrected chi connectivity index (χ1v) is 13.3. The second kappa shape index (κ2) is 9.93. The third-order valence-electron chi connectivity index (χ3n) is 7.92. The smallest absolute Gasteiger partial charge is 0.347 e. The molecule has 0 bridgehead atoms. The molecule has 40 heavy (non-hydrogen) atoms. The van der Waals surface area contributed by atoms with Crippen LogP contribution in [0.1, 0.15) is 52.7 Å².